The molecule has 0 radical (unpaired) electrons. The van der Waals surface area contributed by atoms with Crippen molar-refractivity contribution >= 4 is 31.9 Å². The lowest BCUT2D eigenvalue weighted by Crippen LogP contribution is -2.37. The van der Waals surface area contributed by atoms with Crippen LogP contribution in [0.2, 0.25) is 0 Å². The van der Waals surface area contributed by atoms with Gasteiger partial charge in [-0.2, -0.15) is 0 Å². The fourth-order valence-corrected chi connectivity index (χ4v) is 4.08. The Labute approximate surface area is 119 Å². The van der Waals surface area contributed by atoms with Gasteiger partial charge in [-0.15, -0.1) is 0 Å². The molecule has 0 saturated heterocycles. The van der Waals surface area contributed by atoms with Gasteiger partial charge in [-0.25, -0.2) is 22.7 Å². The van der Waals surface area contributed by atoms with Crippen LogP contribution in [0.5, 0.6) is 0 Å². The number of carboxylic acid groups (broad SMARTS) is 1. The normalized spacial score (nSPS) is 19.8. The number of nitrogens with zero attached hydrogens (tertiary/aromatic N) is 1. The van der Waals surface area contributed by atoms with E-state index in [4.69, 9.17) is 5.11 Å². The first-order chi connectivity index (χ1) is 8.92. The van der Waals surface area contributed by atoms with E-state index in [9.17, 15) is 13.2 Å². The Morgan fingerprint density at radius 1 is 1.53 bits per heavy atom. The summed E-state index contributed by atoms with van der Waals surface area (Å²) in [6.07, 6.45) is 4.59. The maximum atomic E-state index is 12.3. The van der Waals surface area contributed by atoms with E-state index in [2.05, 4.69) is 20.8 Å². The summed E-state index contributed by atoms with van der Waals surface area (Å²) in [4.78, 5) is 13.5. The molecule has 0 bridgehead atoms. The zero-order valence-corrected chi connectivity index (χ0v) is 12.3. The molecule has 0 saturated carbocycles. The molecule has 19 heavy (non-hydrogen) atoms. The Balaban J connectivity index is 2.29. The van der Waals surface area contributed by atoms with Crippen LogP contribution in [0.4, 0.5) is 0 Å². The molecule has 1 unspecified atom stereocenters. The summed E-state index contributed by atoms with van der Waals surface area (Å²) in [6.45, 7) is 0. The largest absolute Gasteiger partial charge is 0.478 e. The van der Waals surface area contributed by atoms with Crippen LogP contribution in [0.3, 0.4) is 0 Å². The van der Waals surface area contributed by atoms with Crippen molar-refractivity contribution in [2.75, 3.05) is 4.83 Å². The minimum Gasteiger partial charge on any atom is -0.478 e. The third-order valence-electron chi connectivity index (χ3n) is 2.93. The number of halogens is 1. The first-order valence-electron chi connectivity index (χ1n) is 5.69. The van der Waals surface area contributed by atoms with Crippen molar-refractivity contribution in [2.24, 2.45) is 0 Å². The zero-order valence-electron chi connectivity index (χ0n) is 9.91. The van der Waals surface area contributed by atoms with Crippen LogP contribution in [0.25, 0.3) is 0 Å². The standard InChI is InChI=1S/C11H13BrN2O4S/c12-10-6-3-7-14(10)13-19(17,18)9-5-2-1-4-8(9)11(15)16/h3-4,6-7,9,13H,1-2,5H2,(H,15,16). The van der Waals surface area contributed by atoms with Crippen molar-refractivity contribution in [3.05, 3.63) is 34.6 Å². The molecule has 1 aromatic rings. The second-order valence-electron chi connectivity index (χ2n) is 4.22. The van der Waals surface area contributed by atoms with E-state index < -0.39 is 21.2 Å². The van der Waals surface area contributed by atoms with Crippen molar-refractivity contribution in [3.8, 4) is 0 Å². The minimum absolute atomic E-state index is 0.0537. The summed E-state index contributed by atoms with van der Waals surface area (Å²) >= 11 is 3.19. The number of aromatic nitrogens is 1. The van der Waals surface area contributed by atoms with Gasteiger partial charge in [-0.05, 0) is 47.3 Å². The molecule has 0 amide bonds. The second kappa shape index (κ2) is 5.38. The van der Waals surface area contributed by atoms with Crippen molar-refractivity contribution < 1.29 is 18.3 Å². The van der Waals surface area contributed by atoms with E-state index in [1.54, 1.807) is 12.1 Å². The van der Waals surface area contributed by atoms with Crippen LogP contribution in [-0.4, -0.2) is 29.4 Å². The Morgan fingerprint density at radius 2 is 2.26 bits per heavy atom. The Morgan fingerprint density at radius 3 is 2.84 bits per heavy atom. The summed E-state index contributed by atoms with van der Waals surface area (Å²) in [7, 11) is -3.79. The quantitative estimate of drug-likeness (QED) is 0.866. The number of rotatable bonds is 4. The second-order valence-corrected chi connectivity index (χ2v) is 6.88. The molecule has 0 aromatic carbocycles. The summed E-state index contributed by atoms with van der Waals surface area (Å²) in [6, 6.07) is 3.35. The van der Waals surface area contributed by atoms with Crippen LogP contribution in [0.1, 0.15) is 19.3 Å². The third kappa shape index (κ3) is 3.01. The van der Waals surface area contributed by atoms with Gasteiger partial charge in [-0.3, -0.25) is 0 Å². The van der Waals surface area contributed by atoms with Gasteiger partial charge in [0.15, 0.2) is 0 Å². The molecule has 1 atom stereocenters. The molecule has 104 valence electrons. The molecule has 0 aliphatic heterocycles. The van der Waals surface area contributed by atoms with Crippen LogP contribution < -0.4 is 4.83 Å². The monoisotopic (exact) mass is 348 g/mol. The van der Waals surface area contributed by atoms with Crippen LogP contribution in [-0.2, 0) is 14.8 Å². The lowest BCUT2D eigenvalue weighted by Gasteiger charge is -2.23. The maximum absolute atomic E-state index is 12.3. The summed E-state index contributed by atoms with van der Waals surface area (Å²) in [5.74, 6) is -1.18. The van der Waals surface area contributed by atoms with Gasteiger partial charge < -0.3 is 5.11 Å². The fourth-order valence-electron chi connectivity index (χ4n) is 2.03. The number of nitrogens with one attached hydrogen (secondary N) is 1. The lowest BCUT2D eigenvalue weighted by molar-refractivity contribution is -0.132. The molecular weight excluding hydrogens is 336 g/mol. The first-order valence-corrected chi connectivity index (χ1v) is 8.03. The molecule has 2 rings (SSSR count). The van der Waals surface area contributed by atoms with E-state index in [0.717, 1.165) is 0 Å². The third-order valence-corrected chi connectivity index (χ3v) is 5.26. The molecule has 1 aliphatic rings. The molecule has 0 spiro atoms. The Kier molecular flexibility index (Phi) is 4.00. The fraction of sp³-hybridized carbons (Fsp3) is 0.364. The molecule has 8 heteroatoms. The molecular formula is C11H13BrN2O4S. The van der Waals surface area contributed by atoms with Crippen LogP contribution >= 0.6 is 15.9 Å². The summed E-state index contributed by atoms with van der Waals surface area (Å²) < 4.78 is 26.4. The average Bonchev–Trinajstić information content (AvgIpc) is 2.74. The minimum atomic E-state index is -3.79. The SMILES string of the molecule is O=C(O)C1=CCCCC1S(=O)(=O)Nn1cccc1Br. The lowest BCUT2D eigenvalue weighted by atomic mass is 9.99. The average molecular weight is 349 g/mol. The van der Waals surface area contributed by atoms with Crippen molar-refractivity contribution in [3.63, 3.8) is 0 Å². The number of carboxylic acids is 1. The van der Waals surface area contributed by atoms with Gasteiger partial charge in [-0.1, -0.05) is 6.08 Å². The molecule has 1 heterocycles. The first kappa shape index (κ1) is 14.1. The van der Waals surface area contributed by atoms with Crippen molar-refractivity contribution in [1.82, 2.24) is 4.68 Å². The van der Waals surface area contributed by atoms with Crippen LogP contribution in [0.15, 0.2) is 34.6 Å². The molecule has 1 aromatic heterocycles. The smallest absolute Gasteiger partial charge is 0.332 e. The Bertz CT molecular complexity index is 620. The van der Waals surface area contributed by atoms with Gasteiger partial charge in [0, 0.05) is 6.20 Å². The number of hydrogen-bond donors (Lipinski definition) is 2. The molecule has 0 fully saturated rings. The number of carbonyl (C=O) groups is 1. The zero-order chi connectivity index (χ0) is 14.0. The van der Waals surface area contributed by atoms with Crippen molar-refractivity contribution in [1.29, 1.82) is 0 Å². The van der Waals surface area contributed by atoms with E-state index in [0.29, 0.717) is 23.9 Å². The van der Waals surface area contributed by atoms with E-state index in [1.807, 2.05) is 0 Å². The maximum Gasteiger partial charge on any atom is 0.332 e. The highest BCUT2D eigenvalue weighted by Gasteiger charge is 2.34. The van der Waals surface area contributed by atoms with E-state index in [1.165, 1.54) is 16.9 Å². The Hall–Kier alpha value is -1.28. The highest BCUT2D eigenvalue weighted by atomic mass is 79.9. The van der Waals surface area contributed by atoms with Gasteiger partial charge in [0.2, 0.25) is 0 Å². The topological polar surface area (TPSA) is 88.4 Å². The molecule has 2 N–H and O–H groups in total. The highest BCUT2D eigenvalue weighted by Crippen LogP contribution is 2.25. The number of sulfonamides is 1. The van der Waals surface area contributed by atoms with Gasteiger partial charge >= 0.3 is 5.97 Å². The van der Waals surface area contributed by atoms with Crippen molar-refractivity contribution in [2.45, 2.75) is 24.5 Å². The predicted molar refractivity (Wildman–Crippen MR) is 73.8 cm³/mol. The van der Waals surface area contributed by atoms with Gasteiger partial charge in [0.25, 0.3) is 10.0 Å². The predicted octanol–water partition coefficient (Wildman–Crippen LogP) is 1.69. The van der Waals surface area contributed by atoms with E-state index >= 15 is 0 Å². The molecule has 1 aliphatic carbocycles. The van der Waals surface area contributed by atoms with E-state index in [-0.39, 0.29) is 5.57 Å². The summed E-state index contributed by atoms with van der Waals surface area (Å²) in [5.41, 5.74) is -0.0537. The van der Waals surface area contributed by atoms with Crippen LogP contribution in [0, 0.1) is 0 Å². The summed E-state index contributed by atoms with van der Waals surface area (Å²) in [5, 5.41) is 8.06. The number of hydrogen-bond acceptors (Lipinski definition) is 3. The highest BCUT2D eigenvalue weighted by molar-refractivity contribution is 9.10. The number of allylic oxidation sites excluding steroid dienone is 1. The van der Waals surface area contributed by atoms with Gasteiger partial charge in [0.05, 0.1) is 5.57 Å². The van der Waals surface area contributed by atoms with Gasteiger partial charge in [0.1, 0.15) is 9.85 Å². The number of aliphatic carboxylic acids is 1. The molecule has 6 nitrogen and oxygen atoms in total.